The summed E-state index contributed by atoms with van der Waals surface area (Å²) in [5.74, 6) is 1.49. The lowest BCUT2D eigenvalue weighted by atomic mass is 10.0. The second-order valence-corrected chi connectivity index (χ2v) is 6.61. The van der Waals surface area contributed by atoms with E-state index >= 15 is 0 Å². The molecule has 0 aromatic heterocycles. The molecule has 4 heteroatoms. The van der Waals surface area contributed by atoms with E-state index in [1.807, 2.05) is 24.3 Å². The van der Waals surface area contributed by atoms with Crippen LogP contribution in [0.4, 0.5) is 0 Å². The molecule has 0 saturated carbocycles. The van der Waals surface area contributed by atoms with Gasteiger partial charge in [0, 0.05) is 11.6 Å². The van der Waals surface area contributed by atoms with Crippen molar-refractivity contribution in [3.05, 3.63) is 29.8 Å². The van der Waals surface area contributed by atoms with Gasteiger partial charge in [0.2, 0.25) is 0 Å². The zero-order chi connectivity index (χ0) is 15.9. The average Bonchev–Trinajstić information content (AvgIpc) is 2.50. The smallest absolute Gasteiger partial charge is 0.251 e. The maximum atomic E-state index is 12.2. The normalized spacial score (nSPS) is 16.7. The number of carbonyl (C=O) groups excluding carboxylic acids is 1. The van der Waals surface area contributed by atoms with Crippen molar-refractivity contribution in [3.63, 3.8) is 0 Å². The first-order valence-electron chi connectivity index (χ1n) is 8.27. The van der Waals surface area contributed by atoms with Crippen molar-refractivity contribution in [2.45, 2.75) is 39.2 Å². The number of ether oxygens (including phenoxy) is 1. The highest BCUT2D eigenvalue weighted by atomic mass is 16.5. The third-order valence-electron chi connectivity index (χ3n) is 4.13. The largest absolute Gasteiger partial charge is 0.494 e. The van der Waals surface area contributed by atoms with Gasteiger partial charge < -0.3 is 15.0 Å². The van der Waals surface area contributed by atoms with Gasteiger partial charge in [0.15, 0.2) is 0 Å². The molecular weight excluding hydrogens is 276 g/mol. The molecule has 1 aliphatic heterocycles. The third kappa shape index (κ3) is 5.34. The van der Waals surface area contributed by atoms with Gasteiger partial charge in [-0.05, 0) is 69.6 Å². The van der Waals surface area contributed by atoms with Crippen molar-refractivity contribution in [3.8, 4) is 5.75 Å². The molecule has 2 rings (SSSR count). The zero-order valence-electron chi connectivity index (χ0n) is 14.0. The Morgan fingerprint density at radius 2 is 1.91 bits per heavy atom. The van der Waals surface area contributed by atoms with Crippen LogP contribution in [0.1, 0.15) is 43.5 Å². The lowest BCUT2D eigenvalue weighted by Crippen LogP contribution is -2.43. The molecule has 4 nitrogen and oxygen atoms in total. The molecule has 122 valence electrons. The van der Waals surface area contributed by atoms with Crippen LogP contribution in [0.3, 0.4) is 0 Å². The van der Waals surface area contributed by atoms with Gasteiger partial charge in [-0.3, -0.25) is 4.79 Å². The highest BCUT2D eigenvalue weighted by Gasteiger charge is 2.18. The van der Waals surface area contributed by atoms with Crippen molar-refractivity contribution in [1.82, 2.24) is 10.2 Å². The SMILES string of the molecule is CC(C)CCOc1ccc(C(=O)NC2CCN(C)CC2)cc1. The van der Waals surface area contributed by atoms with E-state index in [4.69, 9.17) is 4.74 Å². The molecule has 1 saturated heterocycles. The lowest BCUT2D eigenvalue weighted by Gasteiger charge is -2.29. The van der Waals surface area contributed by atoms with Crippen LogP contribution in [-0.2, 0) is 0 Å². The van der Waals surface area contributed by atoms with Crippen molar-refractivity contribution in [1.29, 1.82) is 0 Å². The maximum absolute atomic E-state index is 12.2. The predicted octanol–water partition coefficient (Wildman–Crippen LogP) is 2.94. The number of nitrogens with one attached hydrogen (secondary N) is 1. The molecule has 0 bridgehead atoms. The summed E-state index contributed by atoms with van der Waals surface area (Å²) in [5.41, 5.74) is 0.704. The van der Waals surface area contributed by atoms with E-state index in [2.05, 4.69) is 31.1 Å². The van der Waals surface area contributed by atoms with Gasteiger partial charge in [-0.1, -0.05) is 13.8 Å². The van der Waals surface area contributed by atoms with Crippen LogP contribution in [0.15, 0.2) is 24.3 Å². The summed E-state index contributed by atoms with van der Waals surface area (Å²) in [7, 11) is 2.12. The number of piperidine rings is 1. The molecular formula is C18H28N2O2. The van der Waals surface area contributed by atoms with E-state index in [0.29, 0.717) is 17.5 Å². The molecule has 1 heterocycles. The van der Waals surface area contributed by atoms with Crippen LogP contribution < -0.4 is 10.1 Å². The Morgan fingerprint density at radius 3 is 2.50 bits per heavy atom. The molecule has 22 heavy (non-hydrogen) atoms. The van der Waals surface area contributed by atoms with E-state index in [-0.39, 0.29) is 5.91 Å². The van der Waals surface area contributed by atoms with E-state index in [0.717, 1.165) is 44.7 Å². The van der Waals surface area contributed by atoms with Crippen molar-refractivity contribution in [2.75, 3.05) is 26.7 Å². The van der Waals surface area contributed by atoms with Crippen molar-refractivity contribution >= 4 is 5.91 Å². The molecule has 1 amide bonds. The molecule has 1 aliphatic rings. The van der Waals surface area contributed by atoms with Crippen LogP contribution >= 0.6 is 0 Å². The molecule has 1 fully saturated rings. The zero-order valence-corrected chi connectivity index (χ0v) is 14.0. The van der Waals surface area contributed by atoms with Crippen LogP contribution in [0, 0.1) is 5.92 Å². The number of hydrogen-bond acceptors (Lipinski definition) is 3. The second-order valence-electron chi connectivity index (χ2n) is 6.61. The number of likely N-dealkylation sites (tertiary alicyclic amines) is 1. The predicted molar refractivity (Wildman–Crippen MR) is 89.4 cm³/mol. The Balaban J connectivity index is 1.80. The Kier molecular flexibility index (Phi) is 6.25. The maximum Gasteiger partial charge on any atom is 0.251 e. The van der Waals surface area contributed by atoms with Gasteiger partial charge in [-0.2, -0.15) is 0 Å². The fourth-order valence-electron chi connectivity index (χ4n) is 2.54. The van der Waals surface area contributed by atoms with Gasteiger partial charge >= 0.3 is 0 Å². The molecule has 0 radical (unpaired) electrons. The van der Waals surface area contributed by atoms with Crippen molar-refractivity contribution < 1.29 is 9.53 Å². The summed E-state index contributed by atoms with van der Waals surface area (Å²) in [6, 6.07) is 7.74. The summed E-state index contributed by atoms with van der Waals surface area (Å²) < 4.78 is 5.68. The van der Waals surface area contributed by atoms with Gasteiger partial charge in [0.05, 0.1) is 6.61 Å². The van der Waals surface area contributed by atoms with E-state index < -0.39 is 0 Å². The van der Waals surface area contributed by atoms with Gasteiger partial charge in [-0.15, -0.1) is 0 Å². The van der Waals surface area contributed by atoms with Crippen LogP contribution in [-0.4, -0.2) is 43.6 Å². The lowest BCUT2D eigenvalue weighted by molar-refractivity contribution is 0.0917. The number of carbonyl (C=O) groups is 1. The van der Waals surface area contributed by atoms with Gasteiger partial charge in [0.25, 0.3) is 5.91 Å². The highest BCUT2D eigenvalue weighted by Crippen LogP contribution is 2.14. The number of benzene rings is 1. The van der Waals surface area contributed by atoms with Gasteiger partial charge in [-0.25, -0.2) is 0 Å². The highest BCUT2D eigenvalue weighted by molar-refractivity contribution is 5.94. The Bertz CT molecular complexity index is 462. The summed E-state index contributed by atoms with van der Waals surface area (Å²) in [5, 5.41) is 3.13. The average molecular weight is 304 g/mol. The monoisotopic (exact) mass is 304 g/mol. The van der Waals surface area contributed by atoms with E-state index in [1.165, 1.54) is 0 Å². The molecule has 0 spiro atoms. The molecule has 1 N–H and O–H groups in total. The Hall–Kier alpha value is -1.55. The first kappa shape index (κ1) is 16.8. The van der Waals surface area contributed by atoms with Gasteiger partial charge in [0.1, 0.15) is 5.75 Å². The minimum Gasteiger partial charge on any atom is -0.494 e. The minimum absolute atomic E-state index is 0.0169. The van der Waals surface area contributed by atoms with Crippen LogP contribution in [0.5, 0.6) is 5.75 Å². The quantitative estimate of drug-likeness (QED) is 0.878. The number of amides is 1. The number of hydrogen-bond donors (Lipinski definition) is 1. The fourth-order valence-corrected chi connectivity index (χ4v) is 2.54. The Labute approximate surface area is 133 Å². The summed E-state index contributed by atoms with van der Waals surface area (Å²) in [6.07, 6.45) is 3.09. The van der Waals surface area contributed by atoms with E-state index in [9.17, 15) is 4.79 Å². The van der Waals surface area contributed by atoms with E-state index in [1.54, 1.807) is 0 Å². The third-order valence-corrected chi connectivity index (χ3v) is 4.13. The fraction of sp³-hybridized carbons (Fsp3) is 0.611. The first-order valence-corrected chi connectivity index (χ1v) is 8.27. The first-order chi connectivity index (χ1) is 10.5. The summed E-state index contributed by atoms with van der Waals surface area (Å²) >= 11 is 0. The standard InChI is InChI=1S/C18H28N2O2/c1-14(2)10-13-22-17-6-4-15(5-7-17)18(21)19-16-8-11-20(3)12-9-16/h4-7,14,16H,8-13H2,1-3H3,(H,19,21). The molecule has 0 atom stereocenters. The van der Waals surface area contributed by atoms with Crippen LogP contribution in [0.2, 0.25) is 0 Å². The summed E-state index contributed by atoms with van der Waals surface area (Å²) in [4.78, 5) is 14.5. The topological polar surface area (TPSA) is 41.6 Å². The number of nitrogens with zero attached hydrogens (tertiary/aromatic N) is 1. The minimum atomic E-state index is 0.0169. The Morgan fingerprint density at radius 1 is 1.27 bits per heavy atom. The molecule has 0 unspecified atom stereocenters. The summed E-state index contributed by atoms with van der Waals surface area (Å²) in [6.45, 7) is 7.18. The molecule has 1 aromatic rings. The molecule has 0 aliphatic carbocycles. The molecule has 1 aromatic carbocycles. The van der Waals surface area contributed by atoms with Crippen molar-refractivity contribution in [2.24, 2.45) is 5.92 Å². The second kappa shape index (κ2) is 8.18. The van der Waals surface area contributed by atoms with Crippen LogP contribution in [0.25, 0.3) is 0 Å². The number of rotatable bonds is 6.